The Morgan fingerprint density at radius 2 is 2.41 bits per heavy atom. The fourth-order valence-electron chi connectivity index (χ4n) is 2.48. The summed E-state index contributed by atoms with van der Waals surface area (Å²) in [5.41, 5.74) is 3.08. The van der Waals surface area contributed by atoms with Crippen molar-refractivity contribution in [3.05, 3.63) is 22.6 Å². The second kappa shape index (κ2) is 3.92. The number of nitrogens with one attached hydrogen (secondary N) is 1. The predicted octanol–water partition coefficient (Wildman–Crippen LogP) is 2.75. The normalized spacial score (nSPS) is 24.6. The lowest BCUT2D eigenvalue weighted by Crippen LogP contribution is -2.17. The van der Waals surface area contributed by atoms with Crippen molar-refractivity contribution in [2.24, 2.45) is 0 Å². The van der Waals surface area contributed by atoms with Gasteiger partial charge in [0.05, 0.1) is 17.7 Å². The molecule has 0 aromatic carbocycles. The highest BCUT2D eigenvalue weighted by Crippen LogP contribution is 2.29. The van der Waals surface area contributed by atoms with Crippen molar-refractivity contribution in [2.45, 2.75) is 32.4 Å². The molecule has 2 unspecified atom stereocenters. The first-order valence-electron chi connectivity index (χ1n) is 5.85. The predicted molar refractivity (Wildman–Crippen MR) is 68.7 cm³/mol. The Balaban J connectivity index is 2.22. The van der Waals surface area contributed by atoms with E-state index in [1.165, 1.54) is 0 Å². The van der Waals surface area contributed by atoms with Crippen LogP contribution in [0.5, 0.6) is 0 Å². The smallest absolute Gasteiger partial charge is 0.179 e. The molecule has 90 valence electrons. The first-order chi connectivity index (χ1) is 8.16. The molecule has 1 aliphatic heterocycles. The molecule has 5 heteroatoms. The zero-order valence-electron chi connectivity index (χ0n) is 9.93. The molecule has 0 spiro atoms. The van der Waals surface area contributed by atoms with E-state index in [9.17, 15) is 0 Å². The molecule has 1 N–H and O–H groups in total. The largest absolute Gasteiger partial charge is 0.376 e. The van der Waals surface area contributed by atoms with Gasteiger partial charge in [0.25, 0.3) is 0 Å². The van der Waals surface area contributed by atoms with Crippen LogP contribution in [0.2, 0.25) is 0 Å². The summed E-state index contributed by atoms with van der Waals surface area (Å²) in [4.78, 5) is 7.72. The summed E-state index contributed by atoms with van der Waals surface area (Å²) in [6.07, 6.45) is 3.07. The van der Waals surface area contributed by atoms with Crippen molar-refractivity contribution in [3.8, 4) is 0 Å². The summed E-state index contributed by atoms with van der Waals surface area (Å²) in [5, 5.41) is 0. The van der Waals surface area contributed by atoms with Crippen LogP contribution in [0.3, 0.4) is 0 Å². The van der Waals surface area contributed by atoms with Crippen molar-refractivity contribution in [1.29, 1.82) is 0 Å². The van der Waals surface area contributed by atoms with Crippen molar-refractivity contribution in [1.82, 2.24) is 14.5 Å². The Bertz CT molecular complexity index is 616. The van der Waals surface area contributed by atoms with E-state index < -0.39 is 0 Å². The molecular weight excluding hydrogens is 234 g/mol. The van der Waals surface area contributed by atoms with Gasteiger partial charge >= 0.3 is 0 Å². The van der Waals surface area contributed by atoms with E-state index in [-0.39, 0.29) is 6.10 Å². The number of hydrogen-bond donors (Lipinski definition) is 1. The number of hydrogen-bond acceptors (Lipinski definition) is 3. The number of aromatic amines is 1. The van der Waals surface area contributed by atoms with Crippen LogP contribution in [0.1, 0.15) is 24.9 Å². The standard InChI is InChI=1S/C12H15N3OS/c1-7-5-9-11(13-6-7)15(12(17)14-9)10-3-4-16-8(10)2/h5-6,8,10H,3-4H2,1-2H3,(H,14,17). The van der Waals surface area contributed by atoms with Gasteiger partial charge in [0.2, 0.25) is 0 Å². The maximum atomic E-state index is 5.61. The van der Waals surface area contributed by atoms with Crippen molar-refractivity contribution in [3.63, 3.8) is 0 Å². The van der Waals surface area contributed by atoms with E-state index in [1.54, 1.807) is 0 Å². The van der Waals surface area contributed by atoms with Crippen LogP contribution < -0.4 is 0 Å². The lowest BCUT2D eigenvalue weighted by Gasteiger charge is -2.16. The van der Waals surface area contributed by atoms with Gasteiger partial charge in [0.1, 0.15) is 0 Å². The Morgan fingerprint density at radius 3 is 3.12 bits per heavy atom. The molecule has 4 nitrogen and oxygen atoms in total. The Morgan fingerprint density at radius 1 is 1.59 bits per heavy atom. The number of aryl methyl sites for hydroxylation is 1. The van der Waals surface area contributed by atoms with E-state index in [2.05, 4.69) is 27.5 Å². The van der Waals surface area contributed by atoms with Crippen molar-refractivity contribution >= 4 is 23.4 Å². The van der Waals surface area contributed by atoms with Crippen LogP contribution in [0.25, 0.3) is 11.2 Å². The summed E-state index contributed by atoms with van der Waals surface area (Å²) in [7, 11) is 0. The zero-order chi connectivity index (χ0) is 12.0. The van der Waals surface area contributed by atoms with E-state index in [1.807, 2.05) is 13.1 Å². The average molecular weight is 249 g/mol. The van der Waals surface area contributed by atoms with E-state index in [4.69, 9.17) is 17.0 Å². The summed E-state index contributed by atoms with van der Waals surface area (Å²) in [6.45, 7) is 4.92. The minimum Gasteiger partial charge on any atom is -0.376 e. The minimum atomic E-state index is 0.198. The summed E-state index contributed by atoms with van der Waals surface area (Å²) in [5.74, 6) is 0. The highest BCUT2D eigenvalue weighted by Gasteiger charge is 2.28. The first-order valence-corrected chi connectivity index (χ1v) is 6.26. The van der Waals surface area contributed by atoms with Gasteiger partial charge in [0, 0.05) is 12.8 Å². The number of nitrogens with zero attached hydrogens (tertiary/aromatic N) is 2. The SMILES string of the molecule is Cc1cnc2c(c1)[nH]c(=S)n2C1CCOC1C. The van der Waals surface area contributed by atoms with Crippen LogP contribution >= 0.6 is 12.2 Å². The Kier molecular flexibility index (Phi) is 2.52. The fraction of sp³-hybridized carbons (Fsp3) is 0.500. The molecule has 1 aliphatic rings. The van der Waals surface area contributed by atoms with E-state index in [0.717, 1.165) is 34.5 Å². The van der Waals surface area contributed by atoms with Crippen LogP contribution in [0.4, 0.5) is 0 Å². The quantitative estimate of drug-likeness (QED) is 0.790. The number of ether oxygens (including phenoxy) is 1. The summed E-state index contributed by atoms with van der Waals surface area (Å²) in [6, 6.07) is 2.38. The maximum Gasteiger partial charge on any atom is 0.179 e. The second-order valence-electron chi connectivity index (χ2n) is 4.62. The number of rotatable bonds is 1. The third kappa shape index (κ3) is 1.70. The molecule has 3 heterocycles. The second-order valence-corrected chi connectivity index (χ2v) is 5.00. The topological polar surface area (TPSA) is 42.8 Å². The first kappa shape index (κ1) is 10.9. The number of pyridine rings is 1. The van der Waals surface area contributed by atoms with E-state index >= 15 is 0 Å². The molecule has 2 aromatic rings. The Labute approximate surface area is 105 Å². The molecular formula is C12H15N3OS. The van der Waals surface area contributed by atoms with Gasteiger partial charge in [0.15, 0.2) is 10.4 Å². The monoisotopic (exact) mass is 249 g/mol. The molecule has 1 fully saturated rings. The van der Waals surface area contributed by atoms with E-state index in [0.29, 0.717) is 6.04 Å². The maximum absolute atomic E-state index is 5.61. The number of aromatic nitrogens is 3. The molecule has 1 saturated heterocycles. The third-order valence-electron chi connectivity index (χ3n) is 3.36. The molecule has 0 radical (unpaired) electrons. The fourth-order valence-corrected chi connectivity index (χ4v) is 2.82. The average Bonchev–Trinajstić information content (AvgIpc) is 2.80. The summed E-state index contributed by atoms with van der Waals surface area (Å²) < 4.78 is 8.44. The lowest BCUT2D eigenvalue weighted by molar-refractivity contribution is 0.108. The van der Waals surface area contributed by atoms with Crippen LogP contribution in [0.15, 0.2) is 12.3 Å². The van der Waals surface area contributed by atoms with Crippen LogP contribution in [-0.2, 0) is 4.74 Å². The zero-order valence-corrected chi connectivity index (χ0v) is 10.8. The molecule has 0 amide bonds. The number of fused-ring (bicyclic) bond motifs is 1. The number of imidazole rings is 1. The van der Waals surface area contributed by atoms with Crippen molar-refractivity contribution in [2.75, 3.05) is 6.61 Å². The van der Waals surface area contributed by atoms with Gasteiger partial charge in [-0.1, -0.05) is 0 Å². The molecule has 2 atom stereocenters. The van der Waals surface area contributed by atoms with Gasteiger partial charge in [-0.25, -0.2) is 4.98 Å². The summed E-state index contributed by atoms with van der Waals surface area (Å²) >= 11 is 5.40. The highest BCUT2D eigenvalue weighted by molar-refractivity contribution is 7.71. The molecule has 17 heavy (non-hydrogen) atoms. The molecule has 0 saturated carbocycles. The molecule has 2 aromatic heterocycles. The van der Waals surface area contributed by atoms with Gasteiger partial charge in [-0.15, -0.1) is 0 Å². The third-order valence-corrected chi connectivity index (χ3v) is 3.66. The van der Waals surface area contributed by atoms with Crippen molar-refractivity contribution < 1.29 is 4.74 Å². The van der Waals surface area contributed by atoms with Crippen LogP contribution in [0, 0.1) is 11.7 Å². The number of H-pyrrole nitrogens is 1. The lowest BCUT2D eigenvalue weighted by atomic mass is 10.1. The van der Waals surface area contributed by atoms with Gasteiger partial charge in [-0.3, -0.25) is 4.57 Å². The minimum absolute atomic E-state index is 0.198. The highest BCUT2D eigenvalue weighted by atomic mass is 32.1. The Hall–Kier alpha value is -1.20. The van der Waals surface area contributed by atoms with Crippen LogP contribution in [-0.4, -0.2) is 27.2 Å². The van der Waals surface area contributed by atoms with Gasteiger partial charge in [-0.2, -0.15) is 0 Å². The molecule has 3 rings (SSSR count). The molecule has 0 bridgehead atoms. The van der Waals surface area contributed by atoms with Gasteiger partial charge < -0.3 is 9.72 Å². The van der Waals surface area contributed by atoms with Gasteiger partial charge in [-0.05, 0) is 44.1 Å². The molecule has 0 aliphatic carbocycles.